The zero-order valence-electron chi connectivity index (χ0n) is 7.51. The molecule has 0 bridgehead atoms. The molecule has 2 rings (SSSR count). The van der Waals surface area contributed by atoms with E-state index in [9.17, 15) is 5.11 Å². The minimum absolute atomic E-state index is 0.494. The largest absolute Gasteiger partial charge is 0.381 e. The van der Waals surface area contributed by atoms with Crippen molar-refractivity contribution in [2.24, 2.45) is 7.05 Å². The van der Waals surface area contributed by atoms with E-state index in [1.807, 2.05) is 17.5 Å². The summed E-state index contributed by atoms with van der Waals surface area (Å²) in [5.74, 6) is 0. The number of aliphatic hydroxyl groups excluding tert-OH is 1. The van der Waals surface area contributed by atoms with Gasteiger partial charge >= 0.3 is 0 Å². The summed E-state index contributed by atoms with van der Waals surface area (Å²) in [4.78, 5) is 0.871. The molecule has 2 aromatic rings. The van der Waals surface area contributed by atoms with Crippen LogP contribution in [0.5, 0.6) is 0 Å². The molecule has 2 heterocycles. The fourth-order valence-corrected chi connectivity index (χ4v) is 2.29. The van der Waals surface area contributed by atoms with Crippen molar-refractivity contribution in [2.45, 2.75) is 6.10 Å². The molecule has 0 radical (unpaired) electrons. The van der Waals surface area contributed by atoms with Crippen LogP contribution < -0.4 is 0 Å². The Morgan fingerprint density at radius 1 is 1.64 bits per heavy atom. The SMILES string of the molecule is Cn1ncc(Cl)c1C(O)c1cccs1. The van der Waals surface area contributed by atoms with Crippen molar-refractivity contribution in [1.29, 1.82) is 0 Å². The first-order valence-electron chi connectivity index (χ1n) is 4.09. The molecule has 1 N–H and O–H groups in total. The third kappa shape index (κ3) is 1.56. The van der Waals surface area contributed by atoms with Gasteiger partial charge in [0.1, 0.15) is 6.10 Å². The average Bonchev–Trinajstić information content (AvgIpc) is 2.75. The topological polar surface area (TPSA) is 38.0 Å². The quantitative estimate of drug-likeness (QED) is 0.856. The van der Waals surface area contributed by atoms with Gasteiger partial charge in [0.15, 0.2) is 0 Å². The van der Waals surface area contributed by atoms with Crippen molar-refractivity contribution in [3.8, 4) is 0 Å². The van der Waals surface area contributed by atoms with Gasteiger partial charge in [0, 0.05) is 11.9 Å². The lowest BCUT2D eigenvalue weighted by Crippen LogP contribution is -2.05. The lowest BCUT2D eigenvalue weighted by atomic mass is 10.2. The Hall–Kier alpha value is -0.840. The Morgan fingerprint density at radius 2 is 2.43 bits per heavy atom. The third-order valence-corrected chi connectivity index (χ3v) is 3.23. The van der Waals surface area contributed by atoms with Crippen molar-refractivity contribution in [2.75, 3.05) is 0 Å². The first-order chi connectivity index (χ1) is 6.70. The summed E-state index contributed by atoms with van der Waals surface area (Å²) in [6.45, 7) is 0. The second-order valence-electron chi connectivity index (χ2n) is 2.92. The van der Waals surface area contributed by atoms with Gasteiger partial charge in [-0.3, -0.25) is 4.68 Å². The Balaban J connectivity index is 2.41. The predicted octanol–water partition coefficient (Wildman–Crippen LogP) is 2.22. The van der Waals surface area contributed by atoms with Crippen LogP contribution in [0.25, 0.3) is 0 Å². The first-order valence-corrected chi connectivity index (χ1v) is 5.35. The molecule has 0 aromatic carbocycles. The third-order valence-electron chi connectivity index (χ3n) is 2.01. The van der Waals surface area contributed by atoms with E-state index in [4.69, 9.17) is 11.6 Å². The zero-order valence-corrected chi connectivity index (χ0v) is 9.09. The molecule has 0 saturated heterocycles. The van der Waals surface area contributed by atoms with E-state index in [1.165, 1.54) is 17.5 Å². The van der Waals surface area contributed by atoms with Crippen LogP contribution in [0.4, 0.5) is 0 Å². The maximum absolute atomic E-state index is 10.00. The van der Waals surface area contributed by atoms with E-state index in [-0.39, 0.29) is 0 Å². The Labute approximate surface area is 90.6 Å². The van der Waals surface area contributed by atoms with Crippen molar-refractivity contribution < 1.29 is 5.11 Å². The molecule has 0 saturated carbocycles. The van der Waals surface area contributed by atoms with Gasteiger partial charge in [-0.25, -0.2) is 0 Å². The fourth-order valence-electron chi connectivity index (χ4n) is 1.31. The summed E-state index contributed by atoms with van der Waals surface area (Å²) in [6.07, 6.45) is 0.850. The number of thiophene rings is 1. The zero-order chi connectivity index (χ0) is 10.1. The van der Waals surface area contributed by atoms with Crippen LogP contribution >= 0.6 is 22.9 Å². The summed E-state index contributed by atoms with van der Waals surface area (Å²) in [5.41, 5.74) is 0.633. The van der Waals surface area contributed by atoms with Crippen LogP contribution in [0.15, 0.2) is 23.7 Å². The van der Waals surface area contributed by atoms with Crippen molar-refractivity contribution >= 4 is 22.9 Å². The average molecular weight is 229 g/mol. The molecular formula is C9H9ClN2OS. The summed E-state index contributed by atoms with van der Waals surface area (Å²) in [6, 6.07) is 3.77. The Morgan fingerprint density at radius 3 is 2.93 bits per heavy atom. The highest BCUT2D eigenvalue weighted by Gasteiger charge is 2.18. The molecule has 14 heavy (non-hydrogen) atoms. The van der Waals surface area contributed by atoms with Gasteiger partial charge in [-0.2, -0.15) is 5.10 Å². The van der Waals surface area contributed by atoms with Gasteiger partial charge in [-0.15, -0.1) is 11.3 Å². The van der Waals surface area contributed by atoms with Gasteiger partial charge in [-0.1, -0.05) is 17.7 Å². The molecule has 0 amide bonds. The van der Waals surface area contributed by atoms with Gasteiger partial charge in [0.25, 0.3) is 0 Å². The lowest BCUT2D eigenvalue weighted by Gasteiger charge is -2.09. The van der Waals surface area contributed by atoms with E-state index in [0.717, 1.165) is 4.88 Å². The fraction of sp³-hybridized carbons (Fsp3) is 0.222. The van der Waals surface area contributed by atoms with Crippen molar-refractivity contribution in [3.05, 3.63) is 39.3 Å². The molecule has 1 atom stereocenters. The van der Waals surface area contributed by atoms with Crippen LogP contribution in [0.2, 0.25) is 5.02 Å². The monoisotopic (exact) mass is 228 g/mol. The normalized spacial score (nSPS) is 13.1. The molecule has 5 heteroatoms. The number of hydrogen-bond acceptors (Lipinski definition) is 3. The van der Waals surface area contributed by atoms with Crippen LogP contribution in [-0.4, -0.2) is 14.9 Å². The molecule has 0 aliphatic heterocycles. The number of aryl methyl sites for hydroxylation is 1. The maximum Gasteiger partial charge on any atom is 0.131 e. The number of halogens is 1. The van der Waals surface area contributed by atoms with Crippen molar-refractivity contribution in [3.63, 3.8) is 0 Å². The predicted molar refractivity (Wildman–Crippen MR) is 56.6 cm³/mol. The standard InChI is InChI=1S/C9H9ClN2OS/c1-12-8(6(10)5-11-12)9(13)7-3-2-4-14-7/h2-5,9,13H,1H3. The molecular weight excluding hydrogens is 220 g/mol. The highest BCUT2D eigenvalue weighted by molar-refractivity contribution is 7.10. The smallest absolute Gasteiger partial charge is 0.131 e. The second-order valence-corrected chi connectivity index (χ2v) is 4.31. The number of aromatic nitrogens is 2. The van der Waals surface area contributed by atoms with Gasteiger partial charge < -0.3 is 5.11 Å². The van der Waals surface area contributed by atoms with Crippen LogP contribution in [0, 0.1) is 0 Å². The van der Waals surface area contributed by atoms with Crippen LogP contribution in [-0.2, 0) is 7.05 Å². The lowest BCUT2D eigenvalue weighted by molar-refractivity contribution is 0.213. The molecule has 0 spiro atoms. The summed E-state index contributed by atoms with van der Waals surface area (Å²) in [5, 5.41) is 16.4. The Bertz CT molecular complexity index is 404. The molecule has 74 valence electrons. The number of aliphatic hydroxyl groups is 1. The minimum atomic E-state index is -0.685. The molecule has 0 aliphatic rings. The Kier molecular flexibility index (Phi) is 2.58. The maximum atomic E-state index is 10.00. The number of nitrogens with zero attached hydrogens (tertiary/aromatic N) is 2. The molecule has 1 unspecified atom stereocenters. The van der Waals surface area contributed by atoms with Crippen LogP contribution in [0.3, 0.4) is 0 Å². The molecule has 0 fully saturated rings. The summed E-state index contributed by atoms with van der Waals surface area (Å²) >= 11 is 7.42. The van der Waals surface area contributed by atoms with E-state index >= 15 is 0 Å². The molecule has 0 aliphatic carbocycles. The van der Waals surface area contributed by atoms with Gasteiger partial charge in [0.05, 0.1) is 16.9 Å². The minimum Gasteiger partial charge on any atom is -0.381 e. The van der Waals surface area contributed by atoms with Crippen LogP contribution in [0.1, 0.15) is 16.7 Å². The van der Waals surface area contributed by atoms with E-state index in [2.05, 4.69) is 5.10 Å². The summed E-state index contributed by atoms with van der Waals surface area (Å²) in [7, 11) is 1.76. The first kappa shape index (κ1) is 9.71. The molecule has 2 aromatic heterocycles. The van der Waals surface area contributed by atoms with Gasteiger partial charge in [0.2, 0.25) is 0 Å². The van der Waals surface area contributed by atoms with Crippen molar-refractivity contribution in [1.82, 2.24) is 9.78 Å². The van der Waals surface area contributed by atoms with E-state index in [0.29, 0.717) is 10.7 Å². The summed E-state index contributed by atoms with van der Waals surface area (Å²) < 4.78 is 1.59. The molecule has 3 nitrogen and oxygen atoms in total. The van der Waals surface area contributed by atoms with E-state index < -0.39 is 6.10 Å². The highest BCUT2D eigenvalue weighted by atomic mass is 35.5. The number of hydrogen-bond donors (Lipinski definition) is 1. The second kappa shape index (κ2) is 3.73. The van der Waals surface area contributed by atoms with E-state index in [1.54, 1.807) is 11.7 Å². The number of rotatable bonds is 2. The highest BCUT2D eigenvalue weighted by Crippen LogP contribution is 2.29. The van der Waals surface area contributed by atoms with Gasteiger partial charge in [-0.05, 0) is 11.4 Å².